The number of hydrogen-bond donors (Lipinski definition) is 1. The number of Topliss-reactive ketones (excluding diaryl/α,β-unsaturated/α-hetero) is 1. The molecule has 2 fully saturated rings. The lowest BCUT2D eigenvalue weighted by Crippen LogP contribution is -2.60. The fourth-order valence-electron chi connectivity index (χ4n) is 6.25. The number of benzene rings is 2. The summed E-state index contributed by atoms with van der Waals surface area (Å²) in [4.78, 5) is 18.8. The molecule has 1 saturated carbocycles. The van der Waals surface area contributed by atoms with Crippen molar-refractivity contribution in [2.75, 3.05) is 36.4 Å². The summed E-state index contributed by atoms with van der Waals surface area (Å²) in [7, 11) is 0. The highest BCUT2D eigenvalue weighted by atomic mass is 16.6. The second-order valence-electron chi connectivity index (χ2n) is 10.1. The Kier molecular flexibility index (Phi) is 5.95. The van der Waals surface area contributed by atoms with Crippen LogP contribution >= 0.6 is 0 Å². The number of nitrogens with one attached hydrogen (secondary N) is 1. The molecule has 0 amide bonds. The fourth-order valence-corrected chi connectivity index (χ4v) is 6.25. The molecule has 34 heavy (non-hydrogen) atoms. The van der Waals surface area contributed by atoms with Gasteiger partial charge in [0.15, 0.2) is 11.3 Å². The molecule has 0 radical (unpaired) electrons. The Morgan fingerprint density at radius 3 is 2.62 bits per heavy atom. The number of carbonyl (C=O) groups excluding carboxylic acids is 1. The molecule has 7 nitrogen and oxygen atoms in total. The van der Waals surface area contributed by atoms with Crippen molar-refractivity contribution in [2.24, 2.45) is 5.92 Å². The summed E-state index contributed by atoms with van der Waals surface area (Å²) in [6, 6.07) is 14.7. The first kappa shape index (κ1) is 21.6. The zero-order valence-electron chi connectivity index (χ0n) is 19.7. The summed E-state index contributed by atoms with van der Waals surface area (Å²) in [5.41, 5.74) is 5.23. The SMILES string of the molecule is O=C(C1CCCCC1)C(C1CCc2ccccc2N1)N1CCN(c2cccc3nonc23)CC1. The minimum Gasteiger partial charge on any atom is -0.380 e. The van der Waals surface area contributed by atoms with Gasteiger partial charge in [0.1, 0.15) is 5.52 Å². The second-order valence-corrected chi connectivity index (χ2v) is 10.1. The van der Waals surface area contributed by atoms with Crippen LogP contribution in [0.2, 0.25) is 0 Å². The molecule has 2 aromatic carbocycles. The summed E-state index contributed by atoms with van der Waals surface area (Å²) >= 11 is 0. The minimum atomic E-state index is -0.0666. The summed E-state index contributed by atoms with van der Waals surface area (Å²) in [6.07, 6.45) is 7.79. The first-order chi connectivity index (χ1) is 16.8. The van der Waals surface area contributed by atoms with Gasteiger partial charge in [0.25, 0.3) is 0 Å². The van der Waals surface area contributed by atoms with Gasteiger partial charge in [-0.2, -0.15) is 0 Å². The highest BCUT2D eigenvalue weighted by molar-refractivity contribution is 5.89. The number of aromatic nitrogens is 2. The largest absolute Gasteiger partial charge is 0.380 e. The zero-order chi connectivity index (χ0) is 22.9. The summed E-state index contributed by atoms with van der Waals surface area (Å²) in [6.45, 7) is 3.46. The Bertz CT molecular complexity index is 1150. The topological polar surface area (TPSA) is 74.5 Å². The molecule has 0 spiro atoms. The van der Waals surface area contributed by atoms with Crippen molar-refractivity contribution < 1.29 is 9.42 Å². The van der Waals surface area contributed by atoms with E-state index in [9.17, 15) is 4.79 Å². The maximum atomic E-state index is 14.0. The number of anilines is 2. The van der Waals surface area contributed by atoms with Gasteiger partial charge in [0.2, 0.25) is 0 Å². The molecule has 2 unspecified atom stereocenters. The Morgan fingerprint density at radius 2 is 1.76 bits per heavy atom. The first-order valence-corrected chi connectivity index (χ1v) is 12.9. The molecule has 0 bridgehead atoms. The highest BCUT2D eigenvalue weighted by Gasteiger charge is 2.40. The molecular formula is C27H33N5O2. The van der Waals surface area contributed by atoms with E-state index in [0.717, 1.165) is 68.6 Å². The van der Waals surface area contributed by atoms with Crippen LogP contribution in [0.1, 0.15) is 44.1 Å². The van der Waals surface area contributed by atoms with Crippen LogP contribution < -0.4 is 10.2 Å². The van der Waals surface area contributed by atoms with Crippen LogP contribution in [-0.4, -0.2) is 59.3 Å². The molecule has 3 heterocycles. The Labute approximate surface area is 200 Å². The number of para-hydroxylation sites is 1. The quantitative estimate of drug-likeness (QED) is 0.610. The average molecular weight is 460 g/mol. The third-order valence-electron chi connectivity index (χ3n) is 8.08. The number of nitrogens with zero attached hydrogens (tertiary/aromatic N) is 4. The van der Waals surface area contributed by atoms with Crippen molar-refractivity contribution in [3.05, 3.63) is 48.0 Å². The maximum absolute atomic E-state index is 14.0. The van der Waals surface area contributed by atoms with Crippen LogP contribution in [0, 0.1) is 5.92 Å². The van der Waals surface area contributed by atoms with Crippen LogP contribution in [-0.2, 0) is 11.2 Å². The molecule has 3 aromatic rings. The third-order valence-corrected chi connectivity index (χ3v) is 8.08. The standard InChI is InChI=1S/C27H33N5O2/c33-27(20-8-2-1-3-9-20)26(23-14-13-19-7-4-5-10-21(19)28-23)32-17-15-31(16-18-32)24-12-6-11-22-25(24)30-34-29-22/h4-7,10-12,20,23,26,28H,1-3,8-9,13-18H2. The monoisotopic (exact) mass is 459 g/mol. The van der Waals surface area contributed by atoms with Crippen LogP contribution in [0.4, 0.5) is 11.4 Å². The number of carbonyl (C=O) groups is 1. The minimum absolute atomic E-state index is 0.0666. The molecule has 178 valence electrons. The maximum Gasteiger partial charge on any atom is 0.158 e. The van der Waals surface area contributed by atoms with E-state index in [1.54, 1.807) is 0 Å². The van der Waals surface area contributed by atoms with Crippen LogP contribution in [0.25, 0.3) is 11.0 Å². The second kappa shape index (κ2) is 9.37. The van der Waals surface area contributed by atoms with Crippen molar-refractivity contribution in [1.29, 1.82) is 0 Å². The van der Waals surface area contributed by atoms with E-state index in [2.05, 4.69) is 55.8 Å². The lowest BCUT2D eigenvalue weighted by molar-refractivity contribution is -0.130. The molecule has 6 rings (SSSR count). The molecule has 2 atom stereocenters. The van der Waals surface area contributed by atoms with Gasteiger partial charge in [-0.1, -0.05) is 43.5 Å². The molecule has 2 aliphatic heterocycles. The van der Waals surface area contributed by atoms with E-state index in [4.69, 9.17) is 4.63 Å². The summed E-state index contributed by atoms with van der Waals surface area (Å²) in [5, 5.41) is 11.9. The molecule has 3 aliphatic rings. The Hall–Kier alpha value is -2.93. The normalized spacial score (nSPS) is 22.8. The smallest absolute Gasteiger partial charge is 0.158 e. The number of rotatable bonds is 5. The predicted molar refractivity (Wildman–Crippen MR) is 133 cm³/mol. The van der Waals surface area contributed by atoms with Crippen LogP contribution in [0.3, 0.4) is 0 Å². The number of hydrogen-bond acceptors (Lipinski definition) is 7. The van der Waals surface area contributed by atoms with Crippen molar-refractivity contribution >= 4 is 28.2 Å². The lowest BCUT2D eigenvalue weighted by atomic mass is 9.80. The van der Waals surface area contributed by atoms with Gasteiger partial charge in [-0.3, -0.25) is 9.69 Å². The molecule has 1 saturated heterocycles. The molecule has 1 aliphatic carbocycles. The Balaban J connectivity index is 1.22. The van der Waals surface area contributed by atoms with E-state index in [1.807, 2.05) is 12.1 Å². The number of ketones is 1. The van der Waals surface area contributed by atoms with Gasteiger partial charge in [-0.15, -0.1) is 0 Å². The summed E-state index contributed by atoms with van der Waals surface area (Å²) < 4.78 is 4.97. The van der Waals surface area contributed by atoms with E-state index in [-0.39, 0.29) is 18.0 Å². The average Bonchev–Trinajstić information content (AvgIpc) is 3.39. The third kappa shape index (κ3) is 4.06. The number of aryl methyl sites for hydroxylation is 1. The fraction of sp³-hybridized carbons (Fsp3) is 0.519. The molecule has 1 N–H and O–H groups in total. The molecule has 7 heteroatoms. The van der Waals surface area contributed by atoms with E-state index < -0.39 is 0 Å². The van der Waals surface area contributed by atoms with Gasteiger partial charge < -0.3 is 10.2 Å². The van der Waals surface area contributed by atoms with Gasteiger partial charge >= 0.3 is 0 Å². The summed E-state index contributed by atoms with van der Waals surface area (Å²) in [5.74, 6) is 0.679. The van der Waals surface area contributed by atoms with Gasteiger partial charge in [0, 0.05) is 43.8 Å². The highest BCUT2D eigenvalue weighted by Crippen LogP contribution is 2.33. The van der Waals surface area contributed by atoms with Gasteiger partial charge in [-0.05, 0) is 59.8 Å². The van der Waals surface area contributed by atoms with E-state index in [1.165, 1.54) is 30.5 Å². The predicted octanol–water partition coefficient (Wildman–Crippen LogP) is 4.29. The Morgan fingerprint density at radius 1 is 0.941 bits per heavy atom. The van der Waals surface area contributed by atoms with E-state index >= 15 is 0 Å². The number of fused-ring (bicyclic) bond motifs is 2. The van der Waals surface area contributed by atoms with Crippen molar-refractivity contribution in [1.82, 2.24) is 15.2 Å². The van der Waals surface area contributed by atoms with Crippen molar-refractivity contribution in [3.63, 3.8) is 0 Å². The molecule has 1 aromatic heterocycles. The first-order valence-electron chi connectivity index (χ1n) is 12.9. The van der Waals surface area contributed by atoms with Crippen molar-refractivity contribution in [3.8, 4) is 0 Å². The van der Waals surface area contributed by atoms with Gasteiger partial charge in [0.05, 0.1) is 11.7 Å². The number of piperazine rings is 1. The van der Waals surface area contributed by atoms with E-state index in [0.29, 0.717) is 5.78 Å². The van der Waals surface area contributed by atoms with Gasteiger partial charge in [-0.25, -0.2) is 4.63 Å². The van der Waals surface area contributed by atoms with Crippen LogP contribution in [0.15, 0.2) is 47.1 Å². The van der Waals surface area contributed by atoms with Crippen molar-refractivity contribution in [2.45, 2.75) is 57.0 Å². The van der Waals surface area contributed by atoms with Crippen LogP contribution in [0.5, 0.6) is 0 Å². The lowest BCUT2D eigenvalue weighted by Gasteiger charge is -2.45. The molecular weight excluding hydrogens is 426 g/mol. The zero-order valence-corrected chi connectivity index (χ0v) is 19.7.